The molecule has 2 aliphatic heterocycles. The minimum atomic E-state index is -0.332. The molecule has 0 spiro atoms. The first-order chi connectivity index (χ1) is 17.0. The third-order valence-electron chi connectivity index (χ3n) is 5.82. The monoisotopic (exact) mass is 466 g/mol. The van der Waals surface area contributed by atoms with Crippen molar-refractivity contribution >= 4 is 5.91 Å². The van der Waals surface area contributed by atoms with Gasteiger partial charge in [-0.2, -0.15) is 9.78 Å². The van der Waals surface area contributed by atoms with Gasteiger partial charge in [-0.3, -0.25) is 9.59 Å². The van der Waals surface area contributed by atoms with E-state index in [1.54, 1.807) is 41.2 Å². The Balaban J connectivity index is 1.55. The van der Waals surface area contributed by atoms with Crippen molar-refractivity contribution in [2.75, 3.05) is 0 Å². The van der Waals surface area contributed by atoms with Crippen molar-refractivity contribution in [3.05, 3.63) is 130 Å². The second-order valence-corrected chi connectivity index (χ2v) is 8.45. The van der Waals surface area contributed by atoms with Crippen LogP contribution < -0.4 is 10.9 Å². The van der Waals surface area contributed by atoms with Crippen LogP contribution in [0.5, 0.6) is 0 Å². The number of fused-ring (bicyclic) bond motifs is 1. The number of nitrogens with one attached hydrogen (secondary N) is 1. The van der Waals surface area contributed by atoms with Crippen molar-refractivity contribution in [3.63, 3.8) is 0 Å². The van der Waals surface area contributed by atoms with E-state index in [1.165, 1.54) is 16.8 Å². The Hall–Kier alpha value is -4.52. The lowest BCUT2D eigenvalue weighted by Gasteiger charge is -2.13. The molecule has 2 heterocycles. The quantitative estimate of drug-likeness (QED) is 0.399. The zero-order chi connectivity index (χ0) is 24.4. The fourth-order valence-corrected chi connectivity index (χ4v) is 3.95. The third-order valence-corrected chi connectivity index (χ3v) is 5.82. The summed E-state index contributed by atoms with van der Waals surface area (Å²) in [5.41, 5.74) is 4.20. The smallest absolute Gasteiger partial charge is 0.282 e. The van der Waals surface area contributed by atoms with Crippen LogP contribution in [0.3, 0.4) is 0 Å². The second-order valence-electron chi connectivity index (χ2n) is 8.45. The average Bonchev–Trinajstić information content (AvgIpc) is 3.21. The molecule has 7 heteroatoms. The Bertz CT molecular complexity index is 1500. The van der Waals surface area contributed by atoms with Crippen molar-refractivity contribution in [2.45, 2.75) is 20.0 Å². The lowest BCUT2D eigenvalue weighted by molar-refractivity contribution is 0.0950. The van der Waals surface area contributed by atoms with Crippen molar-refractivity contribution in [2.24, 2.45) is 0 Å². The van der Waals surface area contributed by atoms with Crippen LogP contribution in [0.15, 0.2) is 96.1 Å². The molecule has 0 unspecified atom stereocenters. The van der Waals surface area contributed by atoms with E-state index >= 15 is 0 Å². The van der Waals surface area contributed by atoms with Gasteiger partial charge in [-0.05, 0) is 42.3 Å². The van der Waals surface area contributed by atoms with E-state index in [4.69, 9.17) is 0 Å². The van der Waals surface area contributed by atoms with Crippen LogP contribution in [0.1, 0.15) is 27.0 Å². The Morgan fingerprint density at radius 1 is 0.914 bits per heavy atom. The highest BCUT2D eigenvalue weighted by atomic mass is 19.1. The summed E-state index contributed by atoms with van der Waals surface area (Å²) in [7, 11) is 0. The largest absolute Gasteiger partial charge is 0.348 e. The summed E-state index contributed by atoms with van der Waals surface area (Å²) in [6.45, 7) is 2.72. The van der Waals surface area contributed by atoms with Crippen molar-refractivity contribution < 1.29 is 9.18 Å². The molecule has 5 rings (SSSR count). The summed E-state index contributed by atoms with van der Waals surface area (Å²) in [4.78, 5) is 26.6. The molecule has 2 aliphatic rings. The first-order valence-electron chi connectivity index (χ1n) is 11.2. The van der Waals surface area contributed by atoms with Crippen LogP contribution in [0, 0.1) is 12.7 Å². The summed E-state index contributed by atoms with van der Waals surface area (Å²) < 4.78 is 16.4. The molecule has 6 nitrogen and oxygen atoms in total. The average molecular weight is 467 g/mol. The Kier molecular flexibility index (Phi) is 5.97. The molecule has 0 saturated heterocycles. The van der Waals surface area contributed by atoms with Gasteiger partial charge in [0.05, 0.1) is 16.8 Å². The van der Waals surface area contributed by atoms with Crippen LogP contribution in [0.4, 0.5) is 4.39 Å². The SMILES string of the molecule is Cc1ccc(CNC(=O)c2cn(Cc3ccc(F)cc3)cc3c(=O)n(-c4ccccc4)nc2-3)cc1. The molecule has 0 radical (unpaired) electrons. The lowest BCUT2D eigenvalue weighted by Crippen LogP contribution is -2.25. The number of benzene rings is 3. The van der Waals surface area contributed by atoms with Crippen molar-refractivity contribution in [1.82, 2.24) is 19.7 Å². The van der Waals surface area contributed by atoms with E-state index in [2.05, 4.69) is 10.4 Å². The Morgan fingerprint density at radius 2 is 1.60 bits per heavy atom. The second kappa shape index (κ2) is 9.38. The Morgan fingerprint density at radius 3 is 2.31 bits per heavy atom. The van der Waals surface area contributed by atoms with Gasteiger partial charge in [0, 0.05) is 25.5 Å². The minimum Gasteiger partial charge on any atom is -0.348 e. The highest BCUT2D eigenvalue weighted by Gasteiger charge is 2.24. The maximum absolute atomic E-state index is 13.4. The van der Waals surface area contributed by atoms with E-state index in [9.17, 15) is 14.0 Å². The molecule has 1 amide bonds. The predicted octanol–water partition coefficient (Wildman–Crippen LogP) is 4.56. The maximum Gasteiger partial charge on any atom is 0.282 e. The number of hydrogen-bond donors (Lipinski definition) is 1. The predicted molar refractivity (Wildman–Crippen MR) is 132 cm³/mol. The number of nitrogens with zero attached hydrogens (tertiary/aromatic N) is 3. The minimum absolute atomic E-state index is 0.295. The number of halogens is 1. The molecule has 3 aromatic carbocycles. The lowest BCUT2D eigenvalue weighted by atomic mass is 10.1. The number of aromatic nitrogens is 3. The van der Waals surface area contributed by atoms with Crippen LogP contribution in [-0.4, -0.2) is 20.3 Å². The van der Waals surface area contributed by atoms with Crippen molar-refractivity contribution in [1.29, 1.82) is 0 Å². The Labute approximate surface area is 201 Å². The van der Waals surface area contributed by atoms with E-state index in [1.807, 2.05) is 49.4 Å². The molecule has 0 fully saturated rings. The summed E-state index contributed by atoms with van der Waals surface area (Å²) in [5.74, 6) is -0.655. The summed E-state index contributed by atoms with van der Waals surface area (Å²) >= 11 is 0. The fourth-order valence-electron chi connectivity index (χ4n) is 3.95. The standard InChI is InChI=1S/C28H23FN4O2/c1-19-7-9-20(10-8-19)15-30-27(34)24-17-32(16-21-11-13-22(29)14-12-21)18-25-26(24)31-33(28(25)35)23-5-3-2-4-6-23/h2-14,17-18H,15-16H2,1H3,(H,30,34). The summed E-state index contributed by atoms with van der Waals surface area (Å²) in [6, 6.07) is 23.1. The number of carbonyl (C=O) groups excluding carboxylic acids is 1. The molecule has 0 aliphatic carbocycles. The van der Waals surface area contributed by atoms with Gasteiger partial charge in [-0.25, -0.2) is 4.39 Å². The number of pyridine rings is 1. The van der Waals surface area contributed by atoms with Gasteiger partial charge >= 0.3 is 0 Å². The van der Waals surface area contributed by atoms with Gasteiger partial charge < -0.3 is 9.88 Å². The molecular weight excluding hydrogens is 443 g/mol. The van der Waals surface area contributed by atoms with Gasteiger partial charge in [0.2, 0.25) is 0 Å². The first kappa shape index (κ1) is 22.3. The third kappa shape index (κ3) is 4.75. The van der Waals surface area contributed by atoms with Gasteiger partial charge in [-0.15, -0.1) is 0 Å². The van der Waals surface area contributed by atoms with Gasteiger partial charge in [0.15, 0.2) is 0 Å². The molecule has 0 atom stereocenters. The van der Waals surface area contributed by atoms with Crippen LogP contribution in [-0.2, 0) is 13.1 Å². The molecule has 174 valence electrons. The molecule has 0 aromatic heterocycles. The van der Waals surface area contributed by atoms with E-state index in [-0.39, 0.29) is 17.3 Å². The molecular formula is C28H23FN4O2. The highest BCUT2D eigenvalue weighted by molar-refractivity contribution is 5.99. The summed E-state index contributed by atoms with van der Waals surface area (Å²) in [5, 5.41) is 7.45. The summed E-state index contributed by atoms with van der Waals surface area (Å²) in [6.07, 6.45) is 3.36. The van der Waals surface area contributed by atoms with Crippen molar-refractivity contribution in [3.8, 4) is 16.9 Å². The van der Waals surface area contributed by atoms with Crippen LogP contribution in [0.25, 0.3) is 16.9 Å². The number of amides is 1. The van der Waals surface area contributed by atoms with Gasteiger partial charge in [0.25, 0.3) is 11.5 Å². The molecule has 0 bridgehead atoms. The number of rotatable bonds is 6. The van der Waals surface area contributed by atoms with E-state index in [0.717, 1.165) is 16.7 Å². The number of carbonyl (C=O) groups is 1. The van der Waals surface area contributed by atoms with Gasteiger partial charge in [-0.1, -0.05) is 60.2 Å². The molecule has 0 saturated carbocycles. The molecule has 3 aromatic rings. The number of aryl methyl sites for hydroxylation is 1. The fraction of sp³-hybridized carbons (Fsp3) is 0.107. The van der Waals surface area contributed by atoms with Crippen LogP contribution >= 0.6 is 0 Å². The number of para-hydroxylation sites is 1. The molecule has 1 N–H and O–H groups in total. The zero-order valence-electron chi connectivity index (χ0n) is 19.1. The normalized spacial score (nSPS) is 11.0. The number of hydrogen-bond acceptors (Lipinski definition) is 3. The van der Waals surface area contributed by atoms with E-state index < -0.39 is 0 Å². The topological polar surface area (TPSA) is 68.9 Å². The zero-order valence-corrected chi connectivity index (χ0v) is 19.1. The van der Waals surface area contributed by atoms with E-state index in [0.29, 0.717) is 35.6 Å². The van der Waals surface area contributed by atoms with Gasteiger partial charge in [0.1, 0.15) is 11.5 Å². The maximum atomic E-state index is 13.4. The first-order valence-corrected chi connectivity index (χ1v) is 11.2. The molecule has 35 heavy (non-hydrogen) atoms. The highest BCUT2D eigenvalue weighted by Crippen LogP contribution is 2.23. The van der Waals surface area contributed by atoms with Crippen LogP contribution in [0.2, 0.25) is 0 Å².